The van der Waals surface area contributed by atoms with Gasteiger partial charge in [-0.15, -0.1) is 0 Å². The normalized spacial score (nSPS) is 25.4. The lowest BCUT2D eigenvalue weighted by molar-refractivity contribution is -0.184. The second-order valence-corrected chi connectivity index (χ2v) is 13.0. The zero-order valence-corrected chi connectivity index (χ0v) is 22.8. The second-order valence-electron chi connectivity index (χ2n) is 10.4. The Morgan fingerprint density at radius 2 is 1.68 bits per heavy atom. The summed E-state index contributed by atoms with van der Waals surface area (Å²) < 4.78 is 67.3. The maximum atomic E-state index is 13.5. The van der Waals surface area contributed by atoms with Gasteiger partial charge in [-0.05, 0) is 56.2 Å². The van der Waals surface area contributed by atoms with Gasteiger partial charge < -0.3 is 26.0 Å². The number of carbonyl (C=O) groups excluding carboxylic acids is 2. The molecular formula is C26H28ClF3N2O7S. The Bertz CT molecular complexity index is 1400. The number of sulfone groups is 1. The van der Waals surface area contributed by atoms with E-state index in [1.165, 1.54) is 19.1 Å². The van der Waals surface area contributed by atoms with Crippen LogP contribution in [0.1, 0.15) is 43.0 Å². The van der Waals surface area contributed by atoms with Gasteiger partial charge in [-0.3, -0.25) is 9.59 Å². The fraction of sp³-hybridized carbons (Fsp3) is 0.462. The fourth-order valence-corrected chi connectivity index (χ4v) is 7.78. The van der Waals surface area contributed by atoms with Crippen LogP contribution in [0.25, 0.3) is 0 Å². The summed E-state index contributed by atoms with van der Waals surface area (Å²) >= 11 is 6.19. The molecule has 5 rings (SSSR count). The first kappa shape index (κ1) is 30.3. The summed E-state index contributed by atoms with van der Waals surface area (Å²) in [7, 11) is -4.11. The third kappa shape index (κ3) is 5.84. The molecule has 0 heterocycles. The number of aliphatic hydroxyl groups is 3. The van der Waals surface area contributed by atoms with Gasteiger partial charge in [0, 0.05) is 29.9 Å². The predicted molar refractivity (Wildman–Crippen MR) is 138 cm³/mol. The summed E-state index contributed by atoms with van der Waals surface area (Å²) in [5, 5.41) is 33.7. The summed E-state index contributed by atoms with van der Waals surface area (Å²) in [6.07, 6.45) is -1.91. The highest BCUT2D eigenvalue weighted by Gasteiger charge is 2.60. The van der Waals surface area contributed by atoms with E-state index in [2.05, 4.69) is 10.6 Å². The zero-order valence-electron chi connectivity index (χ0n) is 21.2. The molecule has 218 valence electrons. The van der Waals surface area contributed by atoms with Crippen LogP contribution < -0.4 is 10.6 Å². The van der Waals surface area contributed by atoms with E-state index >= 15 is 0 Å². The van der Waals surface area contributed by atoms with Gasteiger partial charge in [0.05, 0.1) is 39.4 Å². The molecule has 0 radical (unpaired) electrons. The molecule has 4 unspecified atom stereocenters. The van der Waals surface area contributed by atoms with Crippen LogP contribution in [-0.2, 0) is 14.6 Å². The van der Waals surface area contributed by atoms with Crippen molar-refractivity contribution in [2.24, 2.45) is 11.8 Å². The van der Waals surface area contributed by atoms with Crippen LogP contribution in [0.3, 0.4) is 0 Å². The Kier molecular flexibility index (Phi) is 8.53. The number of nitrogens with one attached hydrogen (secondary N) is 2. The lowest BCUT2D eigenvalue weighted by Gasteiger charge is -2.58. The number of amides is 2. The molecule has 3 saturated carbocycles. The first-order valence-corrected chi connectivity index (χ1v) is 14.4. The Balaban J connectivity index is 1.46. The first-order valence-electron chi connectivity index (χ1n) is 12.5. The average molecular weight is 605 g/mol. The minimum atomic E-state index is -4.11. The zero-order chi connectivity index (χ0) is 29.6. The van der Waals surface area contributed by atoms with Crippen molar-refractivity contribution in [1.29, 1.82) is 0 Å². The van der Waals surface area contributed by atoms with Crippen LogP contribution in [0.5, 0.6) is 0 Å². The Labute approximate surface area is 233 Å². The van der Waals surface area contributed by atoms with Gasteiger partial charge >= 0.3 is 0 Å². The third-order valence-electron chi connectivity index (χ3n) is 7.77. The molecule has 2 aromatic rings. The minimum absolute atomic E-state index is 0.0415. The fourth-order valence-electron chi connectivity index (χ4n) is 5.38. The van der Waals surface area contributed by atoms with E-state index in [0.29, 0.717) is 18.6 Å². The Morgan fingerprint density at radius 1 is 1.07 bits per heavy atom. The van der Waals surface area contributed by atoms with Gasteiger partial charge in [0.25, 0.3) is 5.91 Å². The average Bonchev–Trinajstić information content (AvgIpc) is 2.90. The Morgan fingerprint density at radius 3 is 2.25 bits per heavy atom. The van der Waals surface area contributed by atoms with Gasteiger partial charge in [-0.25, -0.2) is 21.6 Å². The van der Waals surface area contributed by atoms with Crippen molar-refractivity contribution in [3.05, 3.63) is 58.4 Å². The molecular weight excluding hydrogens is 577 g/mol. The lowest BCUT2D eigenvalue weighted by Crippen LogP contribution is -2.63. The van der Waals surface area contributed by atoms with Crippen LogP contribution in [0, 0.1) is 29.3 Å². The van der Waals surface area contributed by atoms with Crippen molar-refractivity contribution in [2.75, 3.05) is 11.9 Å². The highest BCUT2D eigenvalue weighted by Crippen LogP contribution is 2.57. The van der Waals surface area contributed by atoms with Crippen LogP contribution in [-0.4, -0.2) is 65.2 Å². The number of hydrogen-bond donors (Lipinski definition) is 5. The molecule has 5 N–H and O–H groups in total. The summed E-state index contributed by atoms with van der Waals surface area (Å²) in [5.41, 5.74) is -1.98. The number of hydrogen-bond acceptors (Lipinski definition) is 7. The van der Waals surface area contributed by atoms with E-state index in [4.69, 9.17) is 11.6 Å². The molecule has 0 spiro atoms. The van der Waals surface area contributed by atoms with Gasteiger partial charge in [-0.1, -0.05) is 11.6 Å². The largest absolute Gasteiger partial charge is 0.391 e. The number of aliphatic hydroxyl groups excluding tert-OH is 2. The molecule has 9 nitrogen and oxygen atoms in total. The lowest BCUT2D eigenvalue weighted by atomic mass is 9.52. The number of anilines is 1. The topological polar surface area (TPSA) is 153 Å². The highest BCUT2D eigenvalue weighted by molar-refractivity contribution is 7.92. The van der Waals surface area contributed by atoms with E-state index in [1.54, 1.807) is 0 Å². The van der Waals surface area contributed by atoms with E-state index < -0.39 is 74.0 Å². The molecule has 3 aliphatic rings. The minimum Gasteiger partial charge on any atom is -0.391 e. The van der Waals surface area contributed by atoms with Crippen molar-refractivity contribution in [1.82, 2.24) is 5.32 Å². The van der Waals surface area contributed by atoms with Crippen LogP contribution >= 0.6 is 11.6 Å². The molecule has 0 aliphatic heterocycles. The maximum Gasteiger partial charge on any atom is 0.255 e. The molecule has 14 heteroatoms. The van der Waals surface area contributed by atoms with Gasteiger partial charge in [-0.2, -0.15) is 0 Å². The number of benzene rings is 2. The molecule has 2 bridgehead atoms. The number of halogens is 4. The standard InChI is InChI=1S/C26H28ClF3N2O7S/c1-12(33)21(34)11-31-23(35)10-26(37)14-5-15(26)7-17(6-14)40(38,39)22-4-13(2-3-18(22)27)25(36)32-16-8-19(28)24(30)20(29)9-16/h2-4,8-9,12,14-15,17,21,33-34,37H,5-7,10-11H2,1H3,(H,31,35)(H,32,36). The van der Waals surface area contributed by atoms with E-state index in [-0.39, 0.29) is 47.0 Å². The molecule has 3 aliphatic carbocycles. The predicted octanol–water partition coefficient (Wildman–Crippen LogP) is 2.56. The molecule has 2 aromatic carbocycles. The van der Waals surface area contributed by atoms with E-state index in [0.717, 1.165) is 6.07 Å². The monoisotopic (exact) mass is 604 g/mol. The van der Waals surface area contributed by atoms with Gasteiger partial charge in [0.1, 0.15) is 0 Å². The van der Waals surface area contributed by atoms with E-state index in [1.807, 2.05) is 0 Å². The molecule has 2 amide bonds. The SMILES string of the molecule is CC(O)C(O)CNC(=O)CC1(O)C2CC1CC(S(=O)(=O)c1cc(C(=O)Nc3cc(F)c(F)c(F)c3)ccc1Cl)C2. The maximum absolute atomic E-state index is 13.5. The second kappa shape index (κ2) is 11.3. The quantitative estimate of drug-likeness (QED) is 0.276. The number of rotatable bonds is 9. The smallest absolute Gasteiger partial charge is 0.255 e. The van der Waals surface area contributed by atoms with Crippen molar-refractivity contribution < 1.29 is 46.5 Å². The van der Waals surface area contributed by atoms with Crippen molar-refractivity contribution in [3.63, 3.8) is 0 Å². The summed E-state index contributed by atoms with van der Waals surface area (Å²) in [6, 6.07) is 4.61. The summed E-state index contributed by atoms with van der Waals surface area (Å²) in [5.74, 6) is -7.17. The number of fused-ring (bicyclic) bond motifs is 2. The highest BCUT2D eigenvalue weighted by atomic mass is 35.5. The Hall–Kier alpha value is -2.71. The number of carbonyl (C=O) groups is 2. The van der Waals surface area contributed by atoms with Crippen LogP contribution in [0.15, 0.2) is 35.2 Å². The van der Waals surface area contributed by atoms with Crippen molar-refractivity contribution >= 4 is 38.9 Å². The van der Waals surface area contributed by atoms with Gasteiger partial charge in [0.2, 0.25) is 5.91 Å². The summed E-state index contributed by atoms with van der Waals surface area (Å²) in [6.45, 7) is 1.16. The third-order valence-corrected chi connectivity index (χ3v) is 10.4. The van der Waals surface area contributed by atoms with Crippen molar-refractivity contribution in [2.45, 2.75) is 60.6 Å². The van der Waals surface area contributed by atoms with Crippen LogP contribution in [0.4, 0.5) is 18.9 Å². The van der Waals surface area contributed by atoms with E-state index in [9.17, 15) is 46.5 Å². The molecule has 3 fully saturated rings. The molecule has 4 atom stereocenters. The van der Waals surface area contributed by atoms with Crippen LogP contribution in [0.2, 0.25) is 5.02 Å². The molecule has 0 saturated heterocycles. The molecule has 0 aromatic heterocycles. The first-order chi connectivity index (χ1) is 18.6. The van der Waals surface area contributed by atoms with Gasteiger partial charge in [0.15, 0.2) is 27.3 Å². The summed E-state index contributed by atoms with van der Waals surface area (Å²) in [4.78, 5) is 24.7. The van der Waals surface area contributed by atoms with Crippen molar-refractivity contribution in [3.8, 4) is 0 Å². The molecule has 40 heavy (non-hydrogen) atoms.